The Balaban J connectivity index is 1.21. The summed E-state index contributed by atoms with van der Waals surface area (Å²) in [6.45, 7) is 2.11. The number of likely N-dealkylation sites (tertiary alicyclic amines) is 1. The van der Waals surface area contributed by atoms with Gasteiger partial charge in [-0.3, -0.25) is 9.59 Å². The maximum atomic E-state index is 12.4. The topological polar surface area (TPSA) is 58.6 Å². The van der Waals surface area contributed by atoms with Crippen LogP contribution in [0.15, 0.2) is 47.8 Å². The second-order valence-electron chi connectivity index (χ2n) is 7.40. The number of nitrogens with one attached hydrogen (secondary N) is 1. The number of hydrogen-bond donors (Lipinski definition) is 1. The van der Waals surface area contributed by atoms with Crippen molar-refractivity contribution in [1.29, 1.82) is 0 Å². The molecular formula is C21H24N2O3S. The highest BCUT2D eigenvalue weighted by molar-refractivity contribution is 7.09. The lowest BCUT2D eigenvalue weighted by Gasteiger charge is -2.32. The fraction of sp³-hybridized carbons (Fsp3) is 0.429. The molecule has 1 aliphatic carbocycles. The number of carbonyl (C=O) groups is 2. The molecule has 2 heterocycles. The molecule has 1 aromatic heterocycles. The zero-order valence-electron chi connectivity index (χ0n) is 15.2. The zero-order chi connectivity index (χ0) is 18.7. The molecule has 1 spiro atoms. The molecule has 142 valence electrons. The minimum Gasteiger partial charge on any atom is -0.484 e. The molecule has 1 saturated heterocycles. The van der Waals surface area contributed by atoms with E-state index in [1.165, 1.54) is 4.88 Å². The molecule has 5 nitrogen and oxygen atoms in total. The van der Waals surface area contributed by atoms with Crippen LogP contribution < -0.4 is 10.1 Å². The zero-order valence-corrected chi connectivity index (χ0v) is 16.0. The van der Waals surface area contributed by atoms with E-state index >= 15 is 0 Å². The van der Waals surface area contributed by atoms with Gasteiger partial charge in [0, 0.05) is 23.9 Å². The highest BCUT2D eigenvalue weighted by Crippen LogP contribution is 2.59. The molecule has 1 unspecified atom stereocenters. The van der Waals surface area contributed by atoms with Crippen molar-refractivity contribution in [2.75, 3.05) is 19.7 Å². The Labute approximate surface area is 163 Å². The largest absolute Gasteiger partial charge is 0.484 e. The van der Waals surface area contributed by atoms with Crippen LogP contribution in [0.5, 0.6) is 5.75 Å². The molecule has 2 aliphatic rings. The second-order valence-corrected chi connectivity index (χ2v) is 8.43. The highest BCUT2D eigenvalue weighted by Gasteiger charge is 2.58. The number of ether oxygens (including phenoxy) is 1. The standard InChI is InChI=1S/C21H24N2O3S/c24-19(15-26-16-5-2-1-3-6-16)23-10-8-21(9-11-23)13-18(21)20(25)22-14-17-7-4-12-27-17/h1-7,12,18H,8-11,13-15H2,(H,22,25). The Morgan fingerprint density at radius 1 is 1.15 bits per heavy atom. The molecule has 27 heavy (non-hydrogen) atoms. The van der Waals surface area contributed by atoms with Crippen molar-refractivity contribution in [3.05, 3.63) is 52.7 Å². The maximum Gasteiger partial charge on any atom is 0.260 e. The Kier molecular flexibility index (Phi) is 5.16. The first kappa shape index (κ1) is 18.0. The van der Waals surface area contributed by atoms with Gasteiger partial charge in [0.15, 0.2) is 6.61 Å². The van der Waals surface area contributed by atoms with Crippen LogP contribution in [0, 0.1) is 11.3 Å². The molecule has 1 aliphatic heterocycles. The summed E-state index contributed by atoms with van der Waals surface area (Å²) >= 11 is 1.66. The lowest BCUT2D eigenvalue weighted by Crippen LogP contribution is -2.42. The minimum atomic E-state index is 0.0213. The van der Waals surface area contributed by atoms with Gasteiger partial charge in [0.2, 0.25) is 5.91 Å². The summed E-state index contributed by atoms with van der Waals surface area (Å²) in [5, 5.41) is 5.08. The average molecular weight is 385 g/mol. The predicted octanol–water partition coefficient (Wildman–Crippen LogP) is 3.07. The SMILES string of the molecule is O=C(NCc1cccs1)C1CC12CCN(C(=O)COc1ccccc1)CC2. The van der Waals surface area contributed by atoms with Gasteiger partial charge >= 0.3 is 0 Å². The lowest BCUT2D eigenvalue weighted by atomic mass is 9.90. The fourth-order valence-corrected chi connectivity index (χ4v) is 4.58. The van der Waals surface area contributed by atoms with E-state index in [4.69, 9.17) is 4.74 Å². The van der Waals surface area contributed by atoms with Crippen molar-refractivity contribution in [1.82, 2.24) is 10.2 Å². The van der Waals surface area contributed by atoms with E-state index in [9.17, 15) is 9.59 Å². The van der Waals surface area contributed by atoms with Crippen molar-refractivity contribution in [2.45, 2.75) is 25.8 Å². The van der Waals surface area contributed by atoms with Gasteiger partial charge in [-0.15, -0.1) is 11.3 Å². The Morgan fingerprint density at radius 3 is 2.63 bits per heavy atom. The van der Waals surface area contributed by atoms with Crippen molar-refractivity contribution < 1.29 is 14.3 Å². The third-order valence-corrected chi connectivity index (χ3v) is 6.62. The van der Waals surface area contributed by atoms with Crippen LogP contribution in [0.4, 0.5) is 0 Å². The third kappa shape index (κ3) is 4.16. The van der Waals surface area contributed by atoms with Crippen LogP contribution in [0.3, 0.4) is 0 Å². The number of amides is 2. The molecule has 2 aromatic rings. The monoisotopic (exact) mass is 384 g/mol. The van der Waals surface area contributed by atoms with Gasteiger partial charge in [-0.1, -0.05) is 24.3 Å². The second kappa shape index (κ2) is 7.72. The average Bonchev–Trinajstić information content (AvgIpc) is 3.14. The van der Waals surface area contributed by atoms with Crippen LogP contribution >= 0.6 is 11.3 Å². The van der Waals surface area contributed by atoms with Crippen molar-refractivity contribution >= 4 is 23.2 Å². The van der Waals surface area contributed by atoms with Gasteiger partial charge < -0.3 is 15.0 Å². The summed E-state index contributed by atoms with van der Waals surface area (Å²) in [6, 6.07) is 13.4. The van der Waals surface area contributed by atoms with Crippen LogP contribution in [0.2, 0.25) is 0 Å². The van der Waals surface area contributed by atoms with E-state index in [1.54, 1.807) is 11.3 Å². The molecule has 0 bridgehead atoms. The number of carbonyl (C=O) groups excluding carboxylic acids is 2. The molecule has 1 atom stereocenters. The van der Waals surface area contributed by atoms with E-state index in [0.29, 0.717) is 25.4 Å². The predicted molar refractivity (Wildman–Crippen MR) is 104 cm³/mol. The maximum absolute atomic E-state index is 12.4. The number of piperidine rings is 1. The molecule has 2 amide bonds. The van der Waals surface area contributed by atoms with E-state index < -0.39 is 0 Å². The van der Waals surface area contributed by atoms with Gasteiger partial charge in [0.1, 0.15) is 5.75 Å². The van der Waals surface area contributed by atoms with Crippen molar-refractivity contribution in [3.63, 3.8) is 0 Å². The summed E-state index contributed by atoms with van der Waals surface area (Å²) in [4.78, 5) is 27.9. The Hall–Kier alpha value is -2.34. The quantitative estimate of drug-likeness (QED) is 0.833. The van der Waals surface area contributed by atoms with E-state index in [1.807, 2.05) is 52.7 Å². The molecule has 1 N–H and O–H groups in total. The number of rotatable bonds is 6. The Morgan fingerprint density at radius 2 is 1.93 bits per heavy atom. The minimum absolute atomic E-state index is 0.0213. The number of benzene rings is 1. The molecule has 0 radical (unpaired) electrons. The van der Waals surface area contributed by atoms with Crippen LogP contribution in [0.25, 0.3) is 0 Å². The van der Waals surface area contributed by atoms with Crippen molar-refractivity contribution in [2.24, 2.45) is 11.3 Å². The van der Waals surface area contributed by atoms with E-state index in [2.05, 4.69) is 5.32 Å². The van der Waals surface area contributed by atoms with Gasteiger partial charge in [0.05, 0.1) is 6.54 Å². The third-order valence-electron chi connectivity index (χ3n) is 5.74. The van der Waals surface area contributed by atoms with Gasteiger partial charge in [0.25, 0.3) is 5.91 Å². The normalized spacial score (nSPS) is 20.3. The number of thiophene rings is 1. The summed E-state index contributed by atoms with van der Waals surface area (Å²) < 4.78 is 5.56. The molecule has 4 rings (SSSR count). The van der Waals surface area contributed by atoms with Crippen LogP contribution in [0.1, 0.15) is 24.1 Å². The number of hydrogen-bond acceptors (Lipinski definition) is 4. The first-order valence-corrected chi connectivity index (χ1v) is 10.3. The van der Waals surface area contributed by atoms with Crippen molar-refractivity contribution in [3.8, 4) is 5.75 Å². The van der Waals surface area contributed by atoms with Crippen LogP contribution in [-0.4, -0.2) is 36.4 Å². The summed E-state index contributed by atoms with van der Waals surface area (Å²) in [5.74, 6) is 1.00. The molecule has 2 fully saturated rings. The number of nitrogens with zero attached hydrogens (tertiary/aromatic N) is 1. The molecule has 6 heteroatoms. The molecule has 1 saturated carbocycles. The van der Waals surface area contributed by atoms with Gasteiger partial charge in [-0.05, 0) is 48.3 Å². The first-order chi connectivity index (χ1) is 13.2. The van der Waals surface area contributed by atoms with Crippen LogP contribution in [-0.2, 0) is 16.1 Å². The lowest BCUT2D eigenvalue weighted by molar-refractivity contribution is -0.135. The number of para-hydroxylation sites is 1. The summed E-state index contributed by atoms with van der Waals surface area (Å²) in [6.07, 6.45) is 2.76. The molecule has 1 aromatic carbocycles. The van der Waals surface area contributed by atoms with Gasteiger partial charge in [-0.2, -0.15) is 0 Å². The summed E-state index contributed by atoms with van der Waals surface area (Å²) in [5.41, 5.74) is 0.108. The highest BCUT2D eigenvalue weighted by atomic mass is 32.1. The molecular weight excluding hydrogens is 360 g/mol. The fourth-order valence-electron chi connectivity index (χ4n) is 3.94. The van der Waals surface area contributed by atoms with E-state index in [0.717, 1.165) is 19.3 Å². The smallest absolute Gasteiger partial charge is 0.260 e. The van der Waals surface area contributed by atoms with E-state index in [-0.39, 0.29) is 29.8 Å². The first-order valence-electron chi connectivity index (χ1n) is 9.42. The van der Waals surface area contributed by atoms with Gasteiger partial charge in [-0.25, -0.2) is 0 Å². The Bertz CT molecular complexity index is 783. The summed E-state index contributed by atoms with van der Waals surface area (Å²) in [7, 11) is 0.